The number of aromatic nitrogens is 2. The van der Waals surface area contributed by atoms with E-state index in [9.17, 15) is 4.79 Å². The average Bonchev–Trinajstić information content (AvgIpc) is 2.86. The van der Waals surface area contributed by atoms with Crippen LogP contribution in [0.2, 0.25) is 15.1 Å². The van der Waals surface area contributed by atoms with Crippen molar-refractivity contribution in [2.75, 3.05) is 0 Å². The number of carbonyl (C=O) groups is 1. The number of imidazole rings is 1. The van der Waals surface area contributed by atoms with Crippen molar-refractivity contribution in [1.82, 2.24) is 9.55 Å². The van der Waals surface area contributed by atoms with Crippen molar-refractivity contribution in [1.29, 1.82) is 0 Å². The minimum absolute atomic E-state index is 0.114. The minimum atomic E-state index is 0.114. The van der Waals surface area contributed by atoms with Crippen LogP contribution >= 0.6 is 34.8 Å². The Labute approximate surface area is 141 Å². The Morgan fingerprint density at radius 2 is 1.77 bits per heavy atom. The third kappa shape index (κ3) is 1.97. The van der Waals surface area contributed by atoms with Crippen LogP contribution in [0.1, 0.15) is 16.8 Å². The van der Waals surface area contributed by atoms with Gasteiger partial charge in [0.15, 0.2) is 5.78 Å². The van der Waals surface area contributed by atoms with Gasteiger partial charge in [-0.2, -0.15) is 0 Å². The number of Topliss-reactive ketones (excluding diaryl/α,β-unsaturated/α-hetero) is 1. The van der Waals surface area contributed by atoms with Gasteiger partial charge in [-0.3, -0.25) is 4.79 Å². The van der Waals surface area contributed by atoms with Gasteiger partial charge in [-0.15, -0.1) is 0 Å². The molecule has 0 saturated carbocycles. The van der Waals surface area contributed by atoms with E-state index in [4.69, 9.17) is 34.8 Å². The Morgan fingerprint density at radius 1 is 1.00 bits per heavy atom. The Morgan fingerprint density at radius 3 is 2.55 bits per heavy atom. The summed E-state index contributed by atoms with van der Waals surface area (Å²) in [6.45, 7) is 0.566. The fourth-order valence-electron chi connectivity index (χ4n) is 2.87. The molecule has 0 spiro atoms. The molecule has 1 aromatic heterocycles. The second-order valence-corrected chi connectivity index (χ2v) is 6.43. The first-order valence-electron chi connectivity index (χ1n) is 6.73. The maximum absolute atomic E-state index is 12.1. The highest BCUT2D eigenvalue weighted by Gasteiger charge is 2.25. The zero-order valence-electron chi connectivity index (χ0n) is 11.2. The number of halogens is 3. The summed E-state index contributed by atoms with van der Waals surface area (Å²) < 4.78 is 2.01. The Kier molecular flexibility index (Phi) is 3.19. The molecule has 0 N–H and O–H groups in total. The third-order valence-electron chi connectivity index (χ3n) is 3.88. The Hall–Kier alpha value is -1.55. The monoisotopic (exact) mass is 350 g/mol. The van der Waals surface area contributed by atoms with E-state index < -0.39 is 0 Å². The van der Waals surface area contributed by atoms with Crippen LogP contribution < -0.4 is 0 Å². The summed E-state index contributed by atoms with van der Waals surface area (Å²) in [5.41, 5.74) is 2.85. The fraction of sp³-hybridized carbons (Fsp3) is 0.125. The molecule has 110 valence electrons. The summed E-state index contributed by atoms with van der Waals surface area (Å²) in [5.74, 6) is 0.821. The first-order chi connectivity index (χ1) is 10.6. The summed E-state index contributed by atoms with van der Waals surface area (Å²) in [6.07, 6.45) is 0.443. The summed E-state index contributed by atoms with van der Waals surface area (Å²) in [5, 5.41) is 1.62. The van der Waals surface area contributed by atoms with Crippen LogP contribution in [0.3, 0.4) is 0 Å². The SMILES string of the molecule is O=C1CCn2c(-c3ccc(Cl)cc3Cl)nc3c(Cl)ccc1c32. The molecule has 2 aromatic carbocycles. The van der Waals surface area contributed by atoms with Crippen molar-refractivity contribution >= 4 is 51.6 Å². The van der Waals surface area contributed by atoms with Crippen molar-refractivity contribution in [3.8, 4) is 11.4 Å². The number of aryl methyl sites for hydroxylation is 1. The number of nitrogens with zero attached hydrogens (tertiary/aromatic N) is 2. The molecule has 0 unspecified atom stereocenters. The molecule has 0 bridgehead atoms. The summed E-state index contributed by atoms with van der Waals surface area (Å²) in [4.78, 5) is 16.7. The molecule has 3 aromatic rings. The van der Waals surface area contributed by atoms with Gasteiger partial charge in [0.25, 0.3) is 0 Å². The lowest BCUT2D eigenvalue weighted by Crippen LogP contribution is -2.14. The zero-order chi connectivity index (χ0) is 15.4. The topological polar surface area (TPSA) is 34.9 Å². The predicted molar refractivity (Wildman–Crippen MR) is 89.1 cm³/mol. The molecule has 22 heavy (non-hydrogen) atoms. The molecule has 1 aliphatic heterocycles. The first-order valence-corrected chi connectivity index (χ1v) is 7.87. The van der Waals surface area contributed by atoms with Crippen molar-refractivity contribution in [2.24, 2.45) is 0 Å². The molecule has 0 radical (unpaired) electrons. The van der Waals surface area contributed by atoms with E-state index >= 15 is 0 Å². The summed E-state index contributed by atoms with van der Waals surface area (Å²) in [6, 6.07) is 8.76. The molecule has 0 saturated heterocycles. The van der Waals surface area contributed by atoms with Crippen LogP contribution in [0.5, 0.6) is 0 Å². The van der Waals surface area contributed by atoms with Crippen molar-refractivity contribution in [3.63, 3.8) is 0 Å². The van der Waals surface area contributed by atoms with Gasteiger partial charge in [0.1, 0.15) is 11.3 Å². The van der Waals surface area contributed by atoms with E-state index in [1.165, 1.54) is 0 Å². The van der Waals surface area contributed by atoms with Crippen molar-refractivity contribution in [3.05, 3.63) is 51.0 Å². The highest BCUT2D eigenvalue weighted by Crippen LogP contribution is 2.37. The molecule has 4 rings (SSSR count). The quantitative estimate of drug-likeness (QED) is 0.600. The molecule has 3 nitrogen and oxygen atoms in total. The molecule has 0 amide bonds. The van der Waals surface area contributed by atoms with Gasteiger partial charge in [-0.05, 0) is 30.3 Å². The van der Waals surface area contributed by atoms with E-state index in [1.807, 2.05) is 10.6 Å². The number of benzene rings is 2. The van der Waals surface area contributed by atoms with E-state index in [0.29, 0.717) is 44.9 Å². The second kappa shape index (κ2) is 4.98. The number of carbonyl (C=O) groups excluding carboxylic acids is 1. The highest BCUT2D eigenvalue weighted by atomic mass is 35.5. The second-order valence-electron chi connectivity index (χ2n) is 5.18. The zero-order valence-corrected chi connectivity index (χ0v) is 13.5. The number of rotatable bonds is 1. The van der Waals surface area contributed by atoms with Crippen LogP contribution in [-0.2, 0) is 6.54 Å². The van der Waals surface area contributed by atoms with Gasteiger partial charge < -0.3 is 4.57 Å². The molecule has 0 fully saturated rings. The van der Waals surface area contributed by atoms with E-state index in [0.717, 1.165) is 11.1 Å². The van der Waals surface area contributed by atoms with Crippen molar-refractivity contribution in [2.45, 2.75) is 13.0 Å². The number of hydrogen-bond acceptors (Lipinski definition) is 2. The predicted octanol–water partition coefficient (Wildman–Crippen LogP) is 5.25. The van der Waals surface area contributed by atoms with Crippen LogP contribution in [0.25, 0.3) is 22.4 Å². The van der Waals surface area contributed by atoms with Crippen LogP contribution in [0, 0.1) is 0 Å². The molecule has 6 heteroatoms. The number of hydrogen-bond donors (Lipinski definition) is 0. The summed E-state index contributed by atoms with van der Waals surface area (Å²) >= 11 is 18.5. The normalized spacial score (nSPS) is 13.9. The van der Waals surface area contributed by atoms with E-state index in [2.05, 4.69) is 4.98 Å². The molecule has 2 heterocycles. The van der Waals surface area contributed by atoms with Gasteiger partial charge in [-0.1, -0.05) is 34.8 Å². The van der Waals surface area contributed by atoms with E-state index in [1.54, 1.807) is 24.3 Å². The maximum Gasteiger partial charge on any atom is 0.166 e. The Bertz CT molecular complexity index is 946. The smallest absolute Gasteiger partial charge is 0.166 e. The lowest BCUT2D eigenvalue weighted by Gasteiger charge is -2.16. The molecular formula is C16H9Cl3N2O. The van der Waals surface area contributed by atoms with Crippen LogP contribution in [-0.4, -0.2) is 15.3 Å². The number of ketones is 1. The van der Waals surface area contributed by atoms with Gasteiger partial charge in [-0.25, -0.2) is 4.98 Å². The molecular weight excluding hydrogens is 343 g/mol. The van der Waals surface area contributed by atoms with Gasteiger partial charge in [0.2, 0.25) is 0 Å². The van der Waals surface area contributed by atoms with Crippen LogP contribution in [0.15, 0.2) is 30.3 Å². The van der Waals surface area contributed by atoms with Crippen molar-refractivity contribution < 1.29 is 4.79 Å². The van der Waals surface area contributed by atoms with E-state index in [-0.39, 0.29) is 5.78 Å². The standard InChI is InChI=1S/C16H9Cl3N2O/c17-8-1-2-9(12(19)7-8)16-20-14-11(18)4-3-10-13(22)5-6-21(16)15(10)14/h1-4,7H,5-6H2. The van der Waals surface area contributed by atoms with Gasteiger partial charge in [0, 0.05) is 29.1 Å². The van der Waals surface area contributed by atoms with Gasteiger partial charge >= 0.3 is 0 Å². The average molecular weight is 352 g/mol. The lowest BCUT2D eigenvalue weighted by molar-refractivity contribution is 0.0973. The molecule has 1 aliphatic rings. The molecule has 0 aliphatic carbocycles. The minimum Gasteiger partial charge on any atom is -0.323 e. The molecule has 0 atom stereocenters. The fourth-order valence-corrected chi connectivity index (χ4v) is 3.56. The third-order valence-corrected chi connectivity index (χ3v) is 4.73. The summed E-state index contributed by atoms with van der Waals surface area (Å²) in [7, 11) is 0. The lowest BCUT2D eigenvalue weighted by atomic mass is 10.0. The largest absolute Gasteiger partial charge is 0.323 e. The Balaban J connectivity index is 2.09. The maximum atomic E-state index is 12.1. The first kappa shape index (κ1) is 14.1. The highest BCUT2D eigenvalue weighted by molar-refractivity contribution is 6.37. The van der Waals surface area contributed by atoms with Gasteiger partial charge in [0.05, 0.1) is 15.6 Å². The van der Waals surface area contributed by atoms with Crippen LogP contribution in [0.4, 0.5) is 0 Å².